The zero-order valence-corrected chi connectivity index (χ0v) is 12.0. The van der Waals surface area contributed by atoms with E-state index < -0.39 is 0 Å². The Hall–Kier alpha value is -1.35. The molecule has 2 unspecified atom stereocenters. The van der Waals surface area contributed by atoms with Crippen LogP contribution in [0.1, 0.15) is 49.1 Å². The van der Waals surface area contributed by atoms with Crippen LogP contribution in [0, 0.1) is 5.92 Å². The fourth-order valence-corrected chi connectivity index (χ4v) is 3.68. The van der Waals surface area contributed by atoms with Crippen molar-refractivity contribution in [2.75, 3.05) is 6.54 Å². The smallest absolute Gasteiger partial charge is 0.228 e. The first-order valence-corrected chi connectivity index (χ1v) is 7.88. The predicted octanol–water partition coefficient (Wildman–Crippen LogP) is 2.35. The van der Waals surface area contributed by atoms with Crippen LogP contribution in [0.2, 0.25) is 0 Å². The molecule has 2 aliphatic rings. The fourth-order valence-electron chi connectivity index (χ4n) is 3.68. The van der Waals surface area contributed by atoms with E-state index >= 15 is 0 Å². The number of benzene rings is 1. The van der Waals surface area contributed by atoms with Crippen molar-refractivity contribution < 1.29 is 4.79 Å². The standard InChI is InChI=1S/C17H24N2O/c18-11-16(12-6-2-1-3-7-12)19-17(20)15-10-13-8-4-5-9-14(13)15/h4-5,8-9,12,15-16H,1-3,6-7,10-11,18H2,(H,19,20). The van der Waals surface area contributed by atoms with Gasteiger partial charge in [0, 0.05) is 12.6 Å². The van der Waals surface area contributed by atoms with Crippen molar-refractivity contribution in [2.24, 2.45) is 11.7 Å². The second kappa shape index (κ2) is 5.96. The third-order valence-electron chi connectivity index (χ3n) is 4.97. The molecule has 1 saturated carbocycles. The Morgan fingerprint density at radius 2 is 2.00 bits per heavy atom. The van der Waals surface area contributed by atoms with Gasteiger partial charge in [-0.2, -0.15) is 0 Å². The highest BCUT2D eigenvalue weighted by atomic mass is 16.2. The molecular formula is C17H24N2O. The summed E-state index contributed by atoms with van der Waals surface area (Å²) in [6, 6.07) is 8.40. The fraction of sp³-hybridized carbons (Fsp3) is 0.588. The quantitative estimate of drug-likeness (QED) is 0.884. The van der Waals surface area contributed by atoms with Crippen molar-refractivity contribution in [2.45, 2.75) is 50.5 Å². The Morgan fingerprint density at radius 3 is 2.70 bits per heavy atom. The molecule has 2 aliphatic carbocycles. The van der Waals surface area contributed by atoms with E-state index in [-0.39, 0.29) is 17.9 Å². The van der Waals surface area contributed by atoms with Crippen molar-refractivity contribution >= 4 is 5.91 Å². The maximum Gasteiger partial charge on any atom is 0.228 e. The van der Waals surface area contributed by atoms with Gasteiger partial charge in [0.15, 0.2) is 0 Å². The van der Waals surface area contributed by atoms with Gasteiger partial charge in [-0.1, -0.05) is 43.5 Å². The topological polar surface area (TPSA) is 55.1 Å². The SMILES string of the molecule is NCC(NC(=O)C1Cc2ccccc21)C1CCCCC1. The highest BCUT2D eigenvalue weighted by molar-refractivity contribution is 5.87. The summed E-state index contributed by atoms with van der Waals surface area (Å²) < 4.78 is 0. The molecule has 1 fully saturated rings. The number of carbonyl (C=O) groups is 1. The monoisotopic (exact) mass is 272 g/mol. The van der Waals surface area contributed by atoms with E-state index in [1.54, 1.807) is 0 Å². The lowest BCUT2D eigenvalue weighted by Crippen LogP contribution is -2.48. The number of nitrogens with two attached hydrogens (primary N) is 1. The average Bonchev–Trinajstić information content (AvgIpc) is 2.47. The molecular weight excluding hydrogens is 248 g/mol. The summed E-state index contributed by atoms with van der Waals surface area (Å²) >= 11 is 0. The highest BCUT2D eigenvalue weighted by Gasteiger charge is 2.34. The second-order valence-corrected chi connectivity index (χ2v) is 6.20. The zero-order valence-electron chi connectivity index (χ0n) is 12.0. The molecule has 108 valence electrons. The maximum absolute atomic E-state index is 12.4. The minimum Gasteiger partial charge on any atom is -0.351 e. The molecule has 1 aromatic rings. The molecule has 0 heterocycles. The van der Waals surface area contributed by atoms with Crippen LogP contribution in [-0.2, 0) is 11.2 Å². The van der Waals surface area contributed by atoms with Crippen molar-refractivity contribution in [1.82, 2.24) is 5.32 Å². The maximum atomic E-state index is 12.4. The summed E-state index contributed by atoms with van der Waals surface area (Å²) in [4.78, 5) is 12.4. The van der Waals surface area contributed by atoms with Crippen LogP contribution in [-0.4, -0.2) is 18.5 Å². The number of fused-ring (bicyclic) bond motifs is 1. The van der Waals surface area contributed by atoms with Crippen LogP contribution in [0.15, 0.2) is 24.3 Å². The van der Waals surface area contributed by atoms with Crippen LogP contribution in [0.25, 0.3) is 0 Å². The van der Waals surface area contributed by atoms with Gasteiger partial charge in [0.25, 0.3) is 0 Å². The third kappa shape index (κ3) is 2.59. The number of nitrogens with one attached hydrogen (secondary N) is 1. The van der Waals surface area contributed by atoms with Crippen molar-refractivity contribution in [3.63, 3.8) is 0 Å². The van der Waals surface area contributed by atoms with Crippen LogP contribution in [0.4, 0.5) is 0 Å². The molecule has 0 saturated heterocycles. The van der Waals surface area contributed by atoms with Gasteiger partial charge in [-0.15, -0.1) is 0 Å². The van der Waals surface area contributed by atoms with Crippen molar-refractivity contribution in [3.05, 3.63) is 35.4 Å². The predicted molar refractivity (Wildman–Crippen MR) is 80.4 cm³/mol. The van der Waals surface area contributed by atoms with Gasteiger partial charge in [-0.25, -0.2) is 0 Å². The average molecular weight is 272 g/mol. The van der Waals surface area contributed by atoms with E-state index in [4.69, 9.17) is 5.73 Å². The number of amides is 1. The molecule has 2 atom stereocenters. The van der Waals surface area contributed by atoms with Crippen LogP contribution in [0.5, 0.6) is 0 Å². The summed E-state index contributed by atoms with van der Waals surface area (Å²) in [6.07, 6.45) is 7.20. The Kier molecular flexibility index (Phi) is 4.06. The summed E-state index contributed by atoms with van der Waals surface area (Å²) in [7, 11) is 0. The molecule has 20 heavy (non-hydrogen) atoms. The first-order valence-electron chi connectivity index (χ1n) is 7.88. The summed E-state index contributed by atoms with van der Waals surface area (Å²) in [6.45, 7) is 0.560. The summed E-state index contributed by atoms with van der Waals surface area (Å²) in [5, 5.41) is 3.22. The van der Waals surface area contributed by atoms with Gasteiger partial charge >= 0.3 is 0 Å². The van der Waals surface area contributed by atoms with E-state index in [0.717, 1.165) is 6.42 Å². The zero-order chi connectivity index (χ0) is 13.9. The van der Waals surface area contributed by atoms with Gasteiger partial charge in [-0.05, 0) is 36.3 Å². The number of hydrogen-bond donors (Lipinski definition) is 2. The van der Waals surface area contributed by atoms with Gasteiger partial charge < -0.3 is 11.1 Å². The largest absolute Gasteiger partial charge is 0.351 e. The van der Waals surface area contributed by atoms with Gasteiger partial charge in [0.05, 0.1) is 5.92 Å². The van der Waals surface area contributed by atoms with Crippen molar-refractivity contribution in [3.8, 4) is 0 Å². The van der Waals surface area contributed by atoms with E-state index in [9.17, 15) is 4.79 Å². The number of hydrogen-bond acceptors (Lipinski definition) is 2. The highest BCUT2D eigenvalue weighted by Crippen LogP contribution is 2.35. The molecule has 1 amide bonds. The molecule has 0 bridgehead atoms. The summed E-state index contributed by atoms with van der Waals surface area (Å²) in [5.74, 6) is 0.793. The molecule has 3 heteroatoms. The lowest BCUT2D eigenvalue weighted by atomic mass is 9.76. The van der Waals surface area contributed by atoms with E-state index in [0.29, 0.717) is 12.5 Å². The Bertz CT molecular complexity index is 480. The first kappa shape index (κ1) is 13.6. The Labute approximate surface area is 120 Å². The minimum atomic E-state index is 0.0452. The van der Waals surface area contributed by atoms with Gasteiger partial charge in [-0.3, -0.25) is 4.79 Å². The van der Waals surface area contributed by atoms with Gasteiger partial charge in [0.2, 0.25) is 5.91 Å². The molecule has 0 radical (unpaired) electrons. The van der Waals surface area contributed by atoms with Crippen LogP contribution in [0.3, 0.4) is 0 Å². The van der Waals surface area contributed by atoms with E-state index in [2.05, 4.69) is 17.4 Å². The number of carbonyl (C=O) groups excluding carboxylic acids is 1. The Morgan fingerprint density at radius 1 is 1.25 bits per heavy atom. The lowest BCUT2D eigenvalue weighted by Gasteiger charge is -2.34. The lowest BCUT2D eigenvalue weighted by molar-refractivity contribution is -0.124. The second-order valence-electron chi connectivity index (χ2n) is 6.20. The normalized spacial score (nSPS) is 23.6. The Balaban J connectivity index is 1.61. The van der Waals surface area contributed by atoms with Crippen LogP contribution < -0.4 is 11.1 Å². The molecule has 0 spiro atoms. The molecule has 0 aliphatic heterocycles. The molecule has 3 nitrogen and oxygen atoms in total. The van der Waals surface area contributed by atoms with Crippen LogP contribution >= 0.6 is 0 Å². The van der Waals surface area contributed by atoms with E-state index in [1.807, 2.05) is 12.1 Å². The first-order chi connectivity index (χ1) is 9.79. The third-order valence-corrected chi connectivity index (χ3v) is 4.97. The molecule has 0 aromatic heterocycles. The number of rotatable bonds is 4. The molecule has 3 rings (SSSR count). The van der Waals surface area contributed by atoms with Gasteiger partial charge in [0.1, 0.15) is 0 Å². The minimum absolute atomic E-state index is 0.0452. The van der Waals surface area contributed by atoms with Crippen molar-refractivity contribution in [1.29, 1.82) is 0 Å². The molecule has 3 N–H and O–H groups in total. The van der Waals surface area contributed by atoms with E-state index in [1.165, 1.54) is 43.2 Å². The summed E-state index contributed by atoms with van der Waals surface area (Å²) in [5.41, 5.74) is 8.40. The molecule has 1 aromatic carbocycles.